The van der Waals surface area contributed by atoms with E-state index in [1.165, 1.54) is 45.4 Å². The minimum absolute atomic E-state index is 0.195. The summed E-state index contributed by atoms with van der Waals surface area (Å²) in [5.74, 6) is -0.467. The zero-order valence-electron chi connectivity index (χ0n) is 16.5. The summed E-state index contributed by atoms with van der Waals surface area (Å²) in [6.45, 7) is 1.46. The number of anilines is 1. The number of carbonyl (C=O) groups is 2. The summed E-state index contributed by atoms with van der Waals surface area (Å²) >= 11 is 0. The number of nitrogens with zero attached hydrogens (tertiary/aromatic N) is 1. The molecule has 2 aromatic rings. The molecule has 0 unspecified atom stereocenters. The maximum absolute atomic E-state index is 13.0. The summed E-state index contributed by atoms with van der Waals surface area (Å²) in [6.07, 6.45) is -4.91. The Morgan fingerprint density at radius 2 is 1.63 bits per heavy atom. The van der Waals surface area contributed by atoms with Crippen molar-refractivity contribution < 1.29 is 32.2 Å². The van der Waals surface area contributed by atoms with E-state index < -0.39 is 23.6 Å². The minimum atomic E-state index is -4.60. The number of carbonyl (C=O) groups excluding carboxylic acids is 2. The molecule has 0 bridgehead atoms. The van der Waals surface area contributed by atoms with E-state index in [-0.39, 0.29) is 23.4 Å². The first-order valence-corrected chi connectivity index (χ1v) is 8.66. The van der Waals surface area contributed by atoms with Gasteiger partial charge in [0.25, 0.3) is 5.91 Å². The molecule has 30 heavy (non-hydrogen) atoms. The molecule has 0 heterocycles. The van der Waals surface area contributed by atoms with Gasteiger partial charge in [0.05, 0.1) is 31.9 Å². The van der Waals surface area contributed by atoms with E-state index in [1.807, 2.05) is 0 Å². The standard InChI is InChI=1S/C20H20F3N3O4/c1-12(8-18(27)24-17-7-5-4-6-16(17)20(21,22)23)25-26-19(28)13-9-14(29-2)11-15(10-13)30-3/h4-7,9-11H,8H2,1-3H3,(H,24,27)(H,26,28)/b25-12-. The molecule has 0 atom stereocenters. The van der Waals surface area contributed by atoms with Gasteiger partial charge in [-0.05, 0) is 31.2 Å². The lowest BCUT2D eigenvalue weighted by molar-refractivity contribution is -0.137. The molecule has 0 radical (unpaired) electrons. The first kappa shape index (κ1) is 22.7. The van der Waals surface area contributed by atoms with Crippen LogP contribution < -0.4 is 20.2 Å². The second-order valence-corrected chi connectivity index (χ2v) is 6.16. The van der Waals surface area contributed by atoms with Crippen LogP contribution in [0.1, 0.15) is 29.3 Å². The van der Waals surface area contributed by atoms with E-state index in [2.05, 4.69) is 15.8 Å². The summed E-state index contributed by atoms with van der Waals surface area (Å²) in [7, 11) is 2.88. The van der Waals surface area contributed by atoms with Crippen LogP contribution in [-0.4, -0.2) is 31.7 Å². The number of nitrogens with one attached hydrogen (secondary N) is 2. The number of hydrazone groups is 1. The van der Waals surface area contributed by atoms with Crippen LogP contribution in [-0.2, 0) is 11.0 Å². The van der Waals surface area contributed by atoms with Gasteiger partial charge < -0.3 is 14.8 Å². The zero-order chi connectivity index (χ0) is 22.3. The van der Waals surface area contributed by atoms with Crippen molar-refractivity contribution in [2.75, 3.05) is 19.5 Å². The fourth-order valence-corrected chi connectivity index (χ4v) is 2.45. The van der Waals surface area contributed by atoms with Crippen molar-refractivity contribution in [3.63, 3.8) is 0 Å². The highest BCUT2D eigenvalue weighted by Gasteiger charge is 2.33. The Morgan fingerprint density at radius 1 is 1.03 bits per heavy atom. The topological polar surface area (TPSA) is 89.0 Å². The maximum atomic E-state index is 13.0. The monoisotopic (exact) mass is 423 g/mol. The van der Waals surface area contributed by atoms with Crippen molar-refractivity contribution in [2.45, 2.75) is 19.5 Å². The highest BCUT2D eigenvalue weighted by molar-refractivity contribution is 6.06. The predicted octanol–water partition coefficient (Wildman–Crippen LogP) is 3.86. The number of alkyl halides is 3. The lowest BCUT2D eigenvalue weighted by Gasteiger charge is -2.13. The molecule has 2 amide bonds. The molecule has 7 nitrogen and oxygen atoms in total. The van der Waals surface area contributed by atoms with Crippen LogP contribution in [0.4, 0.5) is 18.9 Å². The molecule has 0 aromatic heterocycles. The van der Waals surface area contributed by atoms with Crippen molar-refractivity contribution in [2.24, 2.45) is 5.10 Å². The van der Waals surface area contributed by atoms with E-state index in [4.69, 9.17) is 9.47 Å². The van der Waals surface area contributed by atoms with Crippen molar-refractivity contribution in [3.8, 4) is 11.5 Å². The summed E-state index contributed by atoms with van der Waals surface area (Å²) in [5.41, 5.74) is 1.39. The molecule has 0 spiro atoms. The Labute approximate surface area is 170 Å². The number of methoxy groups -OCH3 is 2. The van der Waals surface area contributed by atoms with Crippen molar-refractivity contribution in [3.05, 3.63) is 53.6 Å². The van der Waals surface area contributed by atoms with Crippen molar-refractivity contribution >= 4 is 23.2 Å². The highest BCUT2D eigenvalue weighted by Crippen LogP contribution is 2.34. The Balaban J connectivity index is 2.02. The Kier molecular flexibility index (Phi) is 7.40. The first-order valence-electron chi connectivity index (χ1n) is 8.66. The lowest BCUT2D eigenvalue weighted by Crippen LogP contribution is -2.22. The van der Waals surface area contributed by atoms with Crippen molar-refractivity contribution in [1.82, 2.24) is 5.43 Å². The maximum Gasteiger partial charge on any atom is 0.418 e. The van der Waals surface area contributed by atoms with E-state index in [0.29, 0.717) is 11.5 Å². The Bertz CT molecular complexity index is 936. The Hall–Kier alpha value is -3.56. The van der Waals surface area contributed by atoms with Gasteiger partial charge in [0.15, 0.2) is 0 Å². The lowest BCUT2D eigenvalue weighted by atomic mass is 10.1. The second kappa shape index (κ2) is 9.77. The third-order valence-corrected chi connectivity index (χ3v) is 3.88. The SMILES string of the molecule is COc1cc(OC)cc(C(=O)N/N=C(/C)CC(=O)Nc2ccccc2C(F)(F)F)c1. The molecule has 2 rings (SSSR count). The normalized spacial score (nSPS) is 11.6. The quantitative estimate of drug-likeness (QED) is 0.523. The van der Waals surface area contributed by atoms with Gasteiger partial charge in [-0.3, -0.25) is 9.59 Å². The van der Waals surface area contributed by atoms with Crippen molar-refractivity contribution in [1.29, 1.82) is 0 Å². The largest absolute Gasteiger partial charge is 0.497 e. The fraction of sp³-hybridized carbons (Fsp3) is 0.250. The van der Waals surface area contributed by atoms with E-state index in [0.717, 1.165) is 12.1 Å². The van der Waals surface area contributed by atoms with Crippen LogP contribution in [0.2, 0.25) is 0 Å². The molecule has 0 saturated heterocycles. The molecular formula is C20H20F3N3O4. The molecule has 0 saturated carbocycles. The molecule has 0 fully saturated rings. The number of hydrogen-bond acceptors (Lipinski definition) is 5. The van der Waals surface area contributed by atoms with Gasteiger partial charge in [0.2, 0.25) is 5.91 Å². The van der Waals surface area contributed by atoms with Crippen LogP contribution in [0.5, 0.6) is 11.5 Å². The van der Waals surface area contributed by atoms with Crippen LogP contribution in [0.25, 0.3) is 0 Å². The van der Waals surface area contributed by atoms with Crippen LogP contribution in [0.3, 0.4) is 0 Å². The fourth-order valence-electron chi connectivity index (χ4n) is 2.45. The Morgan fingerprint density at radius 3 is 2.20 bits per heavy atom. The molecule has 10 heteroatoms. The number of para-hydroxylation sites is 1. The van der Waals surface area contributed by atoms with Gasteiger partial charge in [-0.25, -0.2) is 5.43 Å². The summed E-state index contributed by atoms with van der Waals surface area (Å²) in [6, 6.07) is 9.19. The molecular weight excluding hydrogens is 403 g/mol. The number of halogens is 3. The minimum Gasteiger partial charge on any atom is -0.497 e. The summed E-state index contributed by atoms with van der Waals surface area (Å²) in [5, 5.41) is 6.03. The smallest absolute Gasteiger partial charge is 0.418 e. The molecule has 2 aromatic carbocycles. The van der Waals surface area contributed by atoms with Gasteiger partial charge in [-0.2, -0.15) is 18.3 Å². The summed E-state index contributed by atoms with van der Waals surface area (Å²) in [4.78, 5) is 24.3. The van der Waals surface area contributed by atoms with Gasteiger partial charge in [0.1, 0.15) is 11.5 Å². The van der Waals surface area contributed by atoms with Gasteiger partial charge >= 0.3 is 6.18 Å². The molecule has 0 aliphatic carbocycles. The average molecular weight is 423 g/mol. The van der Waals surface area contributed by atoms with Gasteiger partial charge in [-0.1, -0.05) is 12.1 Å². The third kappa shape index (κ3) is 6.23. The van der Waals surface area contributed by atoms with E-state index in [9.17, 15) is 22.8 Å². The number of rotatable bonds is 7. The van der Waals surface area contributed by atoms with Crippen LogP contribution >= 0.6 is 0 Å². The number of benzene rings is 2. The molecule has 160 valence electrons. The average Bonchev–Trinajstić information content (AvgIpc) is 2.71. The predicted molar refractivity (Wildman–Crippen MR) is 105 cm³/mol. The van der Waals surface area contributed by atoms with Gasteiger partial charge in [0, 0.05) is 17.3 Å². The number of amides is 2. The summed E-state index contributed by atoms with van der Waals surface area (Å²) < 4.78 is 49.2. The third-order valence-electron chi connectivity index (χ3n) is 3.88. The number of ether oxygens (including phenoxy) is 2. The van der Waals surface area contributed by atoms with E-state index in [1.54, 1.807) is 6.07 Å². The van der Waals surface area contributed by atoms with Crippen LogP contribution in [0.15, 0.2) is 47.6 Å². The van der Waals surface area contributed by atoms with E-state index >= 15 is 0 Å². The van der Waals surface area contributed by atoms with Gasteiger partial charge in [-0.15, -0.1) is 0 Å². The highest BCUT2D eigenvalue weighted by atomic mass is 19.4. The molecule has 0 aliphatic rings. The first-order chi connectivity index (χ1) is 14.1. The second-order valence-electron chi connectivity index (χ2n) is 6.16. The number of hydrogen-bond donors (Lipinski definition) is 2. The molecule has 0 aliphatic heterocycles. The molecule has 2 N–H and O–H groups in total. The van der Waals surface area contributed by atoms with Crippen LogP contribution in [0, 0.1) is 0 Å². The zero-order valence-corrected chi connectivity index (χ0v) is 16.5.